The summed E-state index contributed by atoms with van der Waals surface area (Å²) < 4.78 is 9.61. The first-order valence-corrected chi connectivity index (χ1v) is 5.50. The quantitative estimate of drug-likeness (QED) is 0.737. The first-order valence-electron chi connectivity index (χ1n) is 5.50. The van der Waals surface area contributed by atoms with Gasteiger partial charge in [0.05, 0.1) is 13.0 Å². The molecule has 0 N–H and O–H groups in total. The minimum atomic E-state index is -0.479. The van der Waals surface area contributed by atoms with E-state index in [4.69, 9.17) is 4.74 Å². The van der Waals surface area contributed by atoms with E-state index in [-0.39, 0.29) is 18.5 Å². The van der Waals surface area contributed by atoms with Crippen LogP contribution < -0.4 is 0 Å². The lowest BCUT2D eigenvalue weighted by Crippen LogP contribution is -2.26. The number of methoxy groups -OCH3 is 1. The highest BCUT2D eigenvalue weighted by molar-refractivity contribution is 5.85. The molecule has 0 bridgehead atoms. The molecule has 2 rings (SSSR count). The lowest BCUT2D eigenvalue weighted by Gasteiger charge is -2.12. The molecule has 4 nitrogen and oxygen atoms in total. The number of ether oxygens (including phenoxy) is 2. The van der Waals surface area contributed by atoms with E-state index in [1.165, 1.54) is 7.11 Å². The maximum absolute atomic E-state index is 11.6. The molecule has 0 amide bonds. The van der Waals surface area contributed by atoms with Gasteiger partial charge in [0.2, 0.25) is 0 Å². The van der Waals surface area contributed by atoms with Crippen LogP contribution in [0.5, 0.6) is 0 Å². The van der Waals surface area contributed by atoms with Crippen LogP contribution in [0, 0.1) is 11.8 Å². The highest BCUT2D eigenvalue weighted by atomic mass is 16.6. The van der Waals surface area contributed by atoms with Crippen LogP contribution in [0.2, 0.25) is 0 Å². The van der Waals surface area contributed by atoms with Gasteiger partial charge in [-0.2, -0.15) is 0 Å². The van der Waals surface area contributed by atoms with Crippen molar-refractivity contribution in [2.24, 2.45) is 11.8 Å². The van der Waals surface area contributed by atoms with Gasteiger partial charge in [0.15, 0.2) is 0 Å². The molecule has 1 aromatic carbocycles. The topological polar surface area (TPSA) is 52.6 Å². The Morgan fingerprint density at radius 1 is 1.41 bits per heavy atom. The Balaban J connectivity index is 2.12. The number of carbonyl (C=O) groups is 2. The van der Waals surface area contributed by atoms with Crippen molar-refractivity contribution in [2.75, 3.05) is 13.7 Å². The number of hydrogen-bond donors (Lipinski definition) is 0. The van der Waals surface area contributed by atoms with Crippen molar-refractivity contribution >= 4 is 11.9 Å². The molecule has 0 radical (unpaired) electrons. The monoisotopic (exact) mass is 234 g/mol. The number of carbonyl (C=O) groups excluding carboxylic acids is 2. The van der Waals surface area contributed by atoms with Crippen molar-refractivity contribution < 1.29 is 19.1 Å². The molecule has 0 aromatic heterocycles. The zero-order valence-corrected chi connectivity index (χ0v) is 9.59. The van der Waals surface area contributed by atoms with E-state index >= 15 is 0 Å². The maximum Gasteiger partial charge on any atom is 0.313 e. The fraction of sp³-hybridized carbons (Fsp3) is 0.385. The van der Waals surface area contributed by atoms with Crippen LogP contribution in [-0.4, -0.2) is 25.7 Å². The summed E-state index contributed by atoms with van der Waals surface area (Å²) in [6.07, 6.45) is 0.513. The lowest BCUT2D eigenvalue weighted by atomic mass is 9.89. The van der Waals surface area contributed by atoms with Crippen LogP contribution in [0.4, 0.5) is 0 Å². The molecule has 4 heteroatoms. The van der Waals surface area contributed by atoms with E-state index in [9.17, 15) is 9.59 Å². The number of cyclic esters (lactones) is 1. The summed E-state index contributed by atoms with van der Waals surface area (Å²) in [4.78, 5) is 23.1. The molecule has 1 heterocycles. The SMILES string of the molecule is COC(=O)[C@H]1COC(=O)[C@@H]1Cc1ccccc1. The van der Waals surface area contributed by atoms with Crippen LogP contribution in [-0.2, 0) is 25.5 Å². The second kappa shape index (κ2) is 4.99. The molecule has 0 spiro atoms. The smallest absolute Gasteiger partial charge is 0.313 e. The largest absolute Gasteiger partial charge is 0.469 e. The van der Waals surface area contributed by atoms with Crippen molar-refractivity contribution in [3.63, 3.8) is 0 Å². The van der Waals surface area contributed by atoms with Gasteiger partial charge in [-0.05, 0) is 12.0 Å². The molecular formula is C13H14O4. The van der Waals surface area contributed by atoms with Gasteiger partial charge in [-0.1, -0.05) is 30.3 Å². The molecule has 90 valence electrons. The molecule has 0 aliphatic carbocycles. The van der Waals surface area contributed by atoms with E-state index in [0.29, 0.717) is 6.42 Å². The normalized spacial score (nSPS) is 23.2. The summed E-state index contributed by atoms with van der Waals surface area (Å²) in [6, 6.07) is 9.58. The van der Waals surface area contributed by atoms with Gasteiger partial charge < -0.3 is 9.47 Å². The highest BCUT2D eigenvalue weighted by Crippen LogP contribution is 2.26. The van der Waals surface area contributed by atoms with Crippen molar-refractivity contribution in [1.82, 2.24) is 0 Å². The van der Waals surface area contributed by atoms with Crippen molar-refractivity contribution in [3.05, 3.63) is 35.9 Å². The van der Waals surface area contributed by atoms with Gasteiger partial charge in [0, 0.05) is 0 Å². The molecule has 2 atom stereocenters. The van der Waals surface area contributed by atoms with Gasteiger partial charge in [-0.15, -0.1) is 0 Å². The number of hydrogen-bond acceptors (Lipinski definition) is 4. The standard InChI is InChI=1S/C13H14O4/c1-16-12(14)11-8-17-13(15)10(11)7-9-5-3-2-4-6-9/h2-6,10-11H,7-8H2,1H3/t10-,11+/m1/s1. The second-order valence-electron chi connectivity index (χ2n) is 4.06. The van der Waals surface area contributed by atoms with Crippen LogP contribution in [0.3, 0.4) is 0 Å². The Bertz CT molecular complexity index is 413. The molecule has 1 saturated heterocycles. The Morgan fingerprint density at radius 3 is 2.76 bits per heavy atom. The number of esters is 2. The van der Waals surface area contributed by atoms with Crippen molar-refractivity contribution in [3.8, 4) is 0 Å². The molecule has 1 aliphatic rings. The van der Waals surface area contributed by atoms with Crippen LogP contribution in [0.1, 0.15) is 5.56 Å². The summed E-state index contributed by atoms with van der Waals surface area (Å²) in [5.41, 5.74) is 1.02. The van der Waals surface area contributed by atoms with Gasteiger partial charge in [-0.25, -0.2) is 0 Å². The maximum atomic E-state index is 11.6. The van der Waals surface area contributed by atoms with Crippen molar-refractivity contribution in [2.45, 2.75) is 6.42 Å². The molecular weight excluding hydrogens is 220 g/mol. The molecule has 1 aromatic rings. The second-order valence-corrected chi connectivity index (χ2v) is 4.06. The van der Waals surface area contributed by atoms with Gasteiger partial charge in [0.25, 0.3) is 0 Å². The third-order valence-electron chi connectivity index (χ3n) is 3.00. The molecule has 0 unspecified atom stereocenters. The van der Waals surface area contributed by atoms with Crippen LogP contribution >= 0.6 is 0 Å². The summed E-state index contributed by atoms with van der Waals surface area (Å²) in [5.74, 6) is -1.60. The zero-order valence-electron chi connectivity index (χ0n) is 9.59. The van der Waals surface area contributed by atoms with Gasteiger partial charge >= 0.3 is 11.9 Å². The number of benzene rings is 1. The first kappa shape index (κ1) is 11.6. The predicted octanol–water partition coefficient (Wildman–Crippen LogP) is 1.19. The highest BCUT2D eigenvalue weighted by Gasteiger charge is 2.42. The fourth-order valence-corrected chi connectivity index (χ4v) is 2.04. The molecule has 0 saturated carbocycles. The van der Waals surface area contributed by atoms with E-state index in [1.54, 1.807) is 0 Å². The summed E-state index contributed by atoms with van der Waals surface area (Å²) in [7, 11) is 1.32. The Hall–Kier alpha value is -1.84. The number of rotatable bonds is 3. The van der Waals surface area contributed by atoms with E-state index in [0.717, 1.165) is 5.56 Å². The van der Waals surface area contributed by atoms with E-state index in [1.807, 2.05) is 30.3 Å². The predicted molar refractivity (Wildman–Crippen MR) is 60.1 cm³/mol. The Kier molecular flexibility index (Phi) is 3.42. The zero-order chi connectivity index (χ0) is 12.3. The third-order valence-corrected chi connectivity index (χ3v) is 3.00. The minimum Gasteiger partial charge on any atom is -0.469 e. The third kappa shape index (κ3) is 2.46. The molecule has 17 heavy (non-hydrogen) atoms. The summed E-state index contributed by atoms with van der Waals surface area (Å²) in [5, 5.41) is 0. The van der Waals surface area contributed by atoms with E-state index < -0.39 is 11.8 Å². The first-order chi connectivity index (χ1) is 8.22. The average Bonchev–Trinajstić information content (AvgIpc) is 2.72. The Labute approximate surface area is 99.5 Å². The van der Waals surface area contributed by atoms with E-state index in [2.05, 4.69) is 4.74 Å². The van der Waals surface area contributed by atoms with Crippen molar-refractivity contribution in [1.29, 1.82) is 0 Å². The van der Waals surface area contributed by atoms with Crippen LogP contribution in [0.15, 0.2) is 30.3 Å². The lowest BCUT2D eigenvalue weighted by molar-refractivity contribution is -0.147. The van der Waals surface area contributed by atoms with Crippen LogP contribution in [0.25, 0.3) is 0 Å². The van der Waals surface area contributed by atoms with Gasteiger partial charge in [-0.3, -0.25) is 9.59 Å². The molecule has 1 aliphatic heterocycles. The summed E-state index contributed by atoms with van der Waals surface area (Å²) >= 11 is 0. The Morgan fingerprint density at radius 2 is 2.12 bits per heavy atom. The van der Waals surface area contributed by atoms with Gasteiger partial charge in [0.1, 0.15) is 12.5 Å². The fourth-order valence-electron chi connectivity index (χ4n) is 2.04. The summed E-state index contributed by atoms with van der Waals surface area (Å²) in [6.45, 7) is 0.128. The minimum absolute atomic E-state index is 0.128. The average molecular weight is 234 g/mol. The molecule has 1 fully saturated rings.